The van der Waals surface area contributed by atoms with Gasteiger partial charge in [-0.3, -0.25) is 9.69 Å². The third-order valence-corrected chi connectivity index (χ3v) is 4.11. The zero-order valence-electron chi connectivity index (χ0n) is 11.5. The fourth-order valence-electron chi connectivity index (χ4n) is 2.44. The van der Waals surface area contributed by atoms with E-state index >= 15 is 0 Å². The zero-order valence-corrected chi connectivity index (χ0v) is 12.3. The molecule has 0 saturated carbocycles. The first-order chi connectivity index (χ1) is 9.24. The van der Waals surface area contributed by atoms with Crippen LogP contribution >= 0.6 is 11.5 Å². The summed E-state index contributed by atoms with van der Waals surface area (Å²) in [6, 6.07) is 0. The largest absolute Gasteiger partial charge is 0.374 e. The molecule has 106 valence electrons. The number of aromatic nitrogens is 2. The smallest absolute Gasteiger partial charge is 0.224 e. The highest BCUT2D eigenvalue weighted by Gasteiger charge is 2.26. The van der Waals surface area contributed by atoms with E-state index in [0.29, 0.717) is 0 Å². The topological polar surface area (TPSA) is 70.2 Å². The van der Waals surface area contributed by atoms with Crippen molar-refractivity contribution in [2.75, 3.05) is 32.0 Å². The molecule has 0 radical (unpaired) electrons. The third kappa shape index (κ3) is 3.63. The molecule has 7 heteroatoms. The highest BCUT2D eigenvalue weighted by molar-refractivity contribution is 7.10. The van der Waals surface area contributed by atoms with Gasteiger partial charge in [-0.15, -0.1) is 5.10 Å². The van der Waals surface area contributed by atoms with Gasteiger partial charge in [-0.25, -0.2) is 0 Å². The van der Waals surface area contributed by atoms with Gasteiger partial charge in [-0.2, -0.15) is 0 Å². The van der Waals surface area contributed by atoms with E-state index in [1.807, 2.05) is 0 Å². The Labute approximate surface area is 117 Å². The van der Waals surface area contributed by atoms with Crippen LogP contribution in [0.1, 0.15) is 25.5 Å². The summed E-state index contributed by atoms with van der Waals surface area (Å²) in [4.78, 5) is 14.0. The van der Waals surface area contributed by atoms with Crippen molar-refractivity contribution < 1.29 is 4.79 Å². The number of piperidine rings is 1. The van der Waals surface area contributed by atoms with Gasteiger partial charge in [0.25, 0.3) is 0 Å². The standard InChI is InChI=1S/C12H21N5OS/c1-3-14-12-10(15-16-19-12)8-17-6-4-5-9(7-17)11(18)13-2/h9,14H,3-8H2,1-2H3,(H,13,18). The minimum absolute atomic E-state index is 0.105. The second-order valence-corrected chi connectivity index (χ2v) is 5.52. The number of anilines is 1. The number of amides is 1. The van der Waals surface area contributed by atoms with Crippen LogP contribution in [0.4, 0.5) is 5.00 Å². The maximum atomic E-state index is 11.7. The monoisotopic (exact) mass is 283 g/mol. The van der Waals surface area contributed by atoms with E-state index in [-0.39, 0.29) is 11.8 Å². The molecule has 1 aliphatic rings. The summed E-state index contributed by atoms with van der Waals surface area (Å²) in [5.41, 5.74) is 0.990. The molecule has 2 N–H and O–H groups in total. The molecule has 6 nitrogen and oxygen atoms in total. The zero-order chi connectivity index (χ0) is 13.7. The van der Waals surface area contributed by atoms with E-state index in [4.69, 9.17) is 0 Å². The molecule has 1 fully saturated rings. The molecule has 1 unspecified atom stereocenters. The van der Waals surface area contributed by atoms with Gasteiger partial charge in [0, 0.05) is 38.2 Å². The van der Waals surface area contributed by atoms with E-state index in [2.05, 4.69) is 32.0 Å². The van der Waals surface area contributed by atoms with Crippen LogP contribution in [0.5, 0.6) is 0 Å². The summed E-state index contributed by atoms with van der Waals surface area (Å²) in [7, 11) is 1.70. The van der Waals surface area contributed by atoms with Gasteiger partial charge in [0.1, 0.15) is 10.7 Å². The second kappa shape index (κ2) is 6.81. The predicted molar refractivity (Wildman–Crippen MR) is 76.1 cm³/mol. The van der Waals surface area contributed by atoms with Crippen LogP contribution in [0.15, 0.2) is 0 Å². The quantitative estimate of drug-likeness (QED) is 0.841. The maximum Gasteiger partial charge on any atom is 0.224 e. The van der Waals surface area contributed by atoms with Gasteiger partial charge < -0.3 is 10.6 Å². The molecule has 0 bridgehead atoms. The first-order valence-corrected chi connectivity index (χ1v) is 7.51. The molecular weight excluding hydrogens is 262 g/mol. The van der Waals surface area contributed by atoms with E-state index in [0.717, 1.165) is 49.7 Å². The molecule has 0 aliphatic carbocycles. The van der Waals surface area contributed by atoms with Crippen molar-refractivity contribution in [1.29, 1.82) is 0 Å². The minimum atomic E-state index is 0.105. The Kier molecular flexibility index (Phi) is 5.09. The average Bonchev–Trinajstić information content (AvgIpc) is 2.86. The number of carbonyl (C=O) groups is 1. The maximum absolute atomic E-state index is 11.7. The van der Waals surface area contributed by atoms with Crippen molar-refractivity contribution in [2.24, 2.45) is 5.92 Å². The Hall–Kier alpha value is -1.21. The summed E-state index contributed by atoms with van der Waals surface area (Å²) in [6.45, 7) is 5.54. The molecule has 2 rings (SSSR count). The number of likely N-dealkylation sites (tertiary alicyclic amines) is 1. The SMILES string of the molecule is CCNc1snnc1CN1CCCC(C(=O)NC)C1. The van der Waals surface area contributed by atoms with Gasteiger partial charge >= 0.3 is 0 Å². The molecule has 0 aromatic carbocycles. The lowest BCUT2D eigenvalue weighted by molar-refractivity contribution is -0.126. The van der Waals surface area contributed by atoms with Gasteiger partial charge in [0.2, 0.25) is 5.91 Å². The van der Waals surface area contributed by atoms with Crippen molar-refractivity contribution in [3.8, 4) is 0 Å². The van der Waals surface area contributed by atoms with Crippen LogP contribution in [-0.4, -0.2) is 47.1 Å². The number of rotatable bonds is 5. The molecule has 1 aromatic rings. The number of hydrogen-bond donors (Lipinski definition) is 2. The molecule has 19 heavy (non-hydrogen) atoms. The Morgan fingerprint density at radius 2 is 2.42 bits per heavy atom. The predicted octanol–water partition coefficient (Wildman–Crippen LogP) is 0.928. The molecular formula is C12H21N5OS. The lowest BCUT2D eigenvalue weighted by Gasteiger charge is -2.31. The van der Waals surface area contributed by atoms with Gasteiger partial charge in [-0.05, 0) is 26.3 Å². The lowest BCUT2D eigenvalue weighted by Crippen LogP contribution is -2.41. The van der Waals surface area contributed by atoms with Crippen molar-refractivity contribution >= 4 is 22.4 Å². The first-order valence-electron chi connectivity index (χ1n) is 6.73. The number of carbonyl (C=O) groups excluding carboxylic acids is 1. The Morgan fingerprint density at radius 3 is 3.16 bits per heavy atom. The fourth-order valence-corrected chi connectivity index (χ4v) is 3.08. The number of hydrogen-bond acceptors (Lipinski definition) is 6. The summed E-state index contributed by atoms with van der Waals surface area (Å²) >= 11 is 1.40. The highest BCUT2D eigenvalue weighted by Crippen LogP contribution is 2.23. The highest BCUT2D eigenvalue weighted by atomic mass is 32.1. The van der Waals surface area contributed by atoms with Gasteiger partial charge in [-0.1, -0.05) is 4.49 Å². The average molecular weight is 283 g/mol. The molecule has 1 amide bonds. The summed E-state index contributed by atoms with van der Waals surface area (Å²) in [5, 5.41) is 11.2. The van der Waals surface area contributed by atoms with Gasteiger partial charge in [0.05, 0.1) is 5.92 Å². The minimum Gasteiger partial charge on any atom is -0.374 e. The normalized spacial score (nSPS) is 20.2. The third-order valence-electron chi connectivity index (χ3n) is 3.39. The summed E-state index contributed by atoms with van der Waals surface area (Å²) in [5.74, 6) is 0.251. The van der Waals surface area contributed by atoms with Crippen molar-refractivity contribution in [3.63, 3.8) is 0 Å². The van der Waals surface area contributed by atoms with E-state index < -0.39 is 0 Å². The molecule has 1 saturated heterocycles. The van der Waals surface area contributed by atoms with Crippen molar-refractivity contribution in [1.82, 2.24) is 19.8 Å². The van der Waals surface area contributed by atoms with E-state index in [9.17, 15) is 4.79 Å². The van der Waals surface area contributed by atoms with E-state index in [1.165, 1.54) is 11.5 Å². The first kappa shape index (κ1) is 14.2. The van der Waals surface area contributed by atoms with Crippen LogP contribution in [0.3, 0.4) is 0 Å². The molecule has 0 spiro atoms. The molecule has 1 aromatic heterocycles. The molecule has 1 aliphatic heterocycles. The van der Waals surface area contributed by atoms with E-state index in [1.54, 1.807) is 7.05 Å². The second-order valence-electron chi connectivity index (χ2n) is 4.77. The Balaban J connectivity index is 1.94. The Morgan fingerprint density at radius 1 is 1.58 bits per heavy atom. The van der Waals surface area contributed by atoms with Crippen LogP contribution in [-0.2, 0) is 11.3 Å². The fraction of sp³-hybridized carbons (Fsp3) is 0.750. The number of nitrogens with zero attached hydrogens (tertiary/aromatic N) is 3. The summed E-state index contributed by atoms with van der Waals surface area (Å²) < 4.78 is 4.00. The van der Waals surface area contributed by atoms with Gasteiger partial charge in [0.15, 0.2) is 0 Å². The summed E-state index contributed by atoms with van der Waals surface area (Å²) in [6.07, 6.45) is 2.04. The van der Waals surface area contributed by atoms with Crippen LogP contribution < -0.4 is 10.6 Å². The van der Waals surface area contributed by atoms with Crippen LogP contribution in [0.25, 0.3) is 0 Å². The van der Waals surface area contributed by atoms with Crippen LogP contribution in [0.2, 0.25) is 0 Å². The molecule has 1 atom stereocenters. The molecule has 2 heterocycles. The van der Waals surface area contributed by atoms with Crippen molar-refractivity contribution in [2.45, 2.75) is 26.3 Å². The lowest BCUT2D eigenvalue weighted by atomic mass is 9.97. The van der Waals surface area contributed by atoms with Crippen LogP contribution in [0, 0.1) is 5.92 Å². The van der Waals surface area contributed by atoms with Crippen molar-refractivity contribution in [3.05, 3.63) is 5.69 Å². The Bertz CT molecular complexity index is 422. The number of nitrogens with one attached hydrogen (secondary N) is 2.